The van der Waals surface area contributed by atoms with E-state index in [0.717, 1.165) is 0 Å². The maximum atomic E-state index is 0. The molecule has 5 heavy (non-hydrogen) atoms. The van der Waals surface area contributed by atoms with Gasteiger partial charge >= 0.3 is 0 Å². The minimum absolute atomic E-state index is 0. The Morgan fingerprint density at radius 2 is 1.00 bits per heavy atom. The zero-order valence-electron chi connectivity index (χ0n) is 3.15. The summed E-state index contributed by atoms with van der Waals surface area (Å²) in [6, 6.07) is 0. The van der Waals surface area contributed by atoms with Gasteiger partial charge in [0.2, 0.25) is 0 Å². The summed E-state index contributed by atoms with van der Waals surface area (Å²) in [6.45, 7) is 0. The molecule has 0 spiro atoms. The largest absolute Gasteiger partial charge is 0.412 e. The van der Waals surface area contributed by atoms with Gasteiger partial charge in [0, 0.05) is 98.0 Å². The van der Waals surface area contributed by atoms with Crippen molar-refractivity contribution in [1.82, 2.24) is 0 Å². The van der Waals surface area contributed by atoms with Gasteiger partial charge in [0.25, 0.3) is 0 Å². The molecule has 0 fully saturated rings. The molecule has 0 heterocycles. The molecule has 0 bridgehead atoms. The standard InChI is InChI=1S/Al.La.Li.H2O.Zr/h;;;1H2;. The van der Waals surface area contributed by atoms with E-state index in [-0.39, 0.29) is 104 Å². The average molecular weight is 282 g/mol. The van der Waals surface area contributed by atoms with Crippen molar-refractivity contribution in [3.05, 3.63) is 0 Å². The van der Waals surface area contributed by atoms with E-state index in [9.17, 15) is 0 Å². The summed E-state index contributed by atoms with van der Waals surface area (Å²) in [7, 11) is 0. The van der Waals surface area contributed by atoms with Crippen LogP contribution in [0.25, 0.3) is 0 Å². The fourth-order valence-electron chi connectivity index (χ4n) is 0. The van der Waals surface area contributed by atoms with Crippen molar-refractivity contribution < 1.29 is 67.3 Å². The quantitative estimate of drug-likeness (QED) is 0.480. The Morgan fingerprint density at radius 1 is 1.00 bits per heavy atom. The average Bonchev–Trinajstić information content (AvgIpc) is 0. The van der Waals surface area contributed by atoms with E-state index in [1.807, 2.05) is 0 Å². The second-order valence-corrected chi connectivity index (χ2v) is 0. The van der Waals surface area contributed by atoms with Crippen molar-refractivity contribution in [2.24, 2.45) is 0 Å². The van der Waals surface area contributed by atoms with E-state index in [2.05, 4.69) is 0 Å². The van der Waals surface area contributed by atoms with Gasteiger partial charge in [-0.05, 0) is 0 Å². The molecule has 0 aliphatic heterocycles. The van der Waals surface area contributed by atoms with Crippen LogP contribution >= 0.6 is 0 Å². The molecule has 0 aliphatic carbocycles. The van der Waals surface area contributed by atoms with Crippen LogP contribution in [0.1, 0.15) is 0 Å². The predicted octanol–water partition coefficient (Wildman–Crippen LogP) is -1.59. The fourth-order valence-corrected chi connectivity index (χ4v) is 0. The topological polar surface area (TPSA) is 31.5 Å². The molecule has 0 atom stereocenters. The summed E-state index contributed by atoms with van der Waals surface area (Å²) >= 11 is 0. The summed E-state index contributed by atoms with van der Waals surface area (Å²) < 4.78 is 0. The Labute approximate surface area is 101 Å². The Morgan fingerprint density at radius 3 is 1.00 bits per heavy atom. The third kappa shape index (κ3) is 19.1. The summed E-state index contributed by atoms with van der Waals surface area (Å²) in [5, 5.41) is 0. The van der Waals surface area contributed by atoms with Crippen molar-refractivity contribution in [3.63, 3.8) is 0 Å². The molecule has 19 valence electrons. The molecule has 2 N–H and O–H groups in total. The van der Waals surface area contributed by atoms with E-state index in [4.69, 9.17) is 0 Å². The molecule has 0 amide bonds. The molecule has 0 saturated carbocycles. The van der Waals surface area contributed by atoms with E-state index in [1.54, 1.807) is 0 Å². The summed E-state index contributed by atoms with van der Waals surface area (Å²) in [4.78, 5) is 0. The van der Waals surface area contributed by atoms with Crippen LogP contribution in [0.4, 0.5) is 0 Å². The molecule has 5 heteroatoms. The molecule has 0 aliphatic rings. The van der Waals surface area contributed by atoms with E-state index >= 15 is 0 Å². The molecule has 0 rings (SSSR count). The number of hydrogen-bond acceptors (Lipinski definition) is 0. The van der Waals surface area contributed by atoms with E-state index < -0.39 is 0 Å². The van der Waals surface area contributed by atoms with Gasteiger partial charge in [0.15, 0.2) is 0 Å². The van der Waals surface area contributed by atoms with Crippen molar-refractivity contribution in [2.75, 3.05) is 0 Å². The normalized spacial score (nSPS) is 0. The summed E-state index contributed by atoms with van der Waals surface area (Å²) in [5.41, 5.74) is 0. The maximum Gasteiger partial charge on any atom is 0 e. The third-order valence-electron chi connectivity index (χ3n) is 0. The first-order valence-electron chi connectivity index (χ1n) is 0. The van der Waals surface area contributed by atoms with Gasteiger partial charge < -0.3 is 5.48 Å². The molecule has 1 nitrogen and oxygen atoms in total. The molecule has 0 saturated heterocycles. The van der Waals surface area contributed by atoms with Crippen LogP contribution in [0.2, 0.25) is 0 Å². The van der Waals surface area contributed by atoms with Gasteiger partial charge in [-0.25, -0.2) is 0 Å². The van der Waals surface area contributed by atoms with Crippen LogP contribution in [0.5, 0.6) is 0 Å². The number of hydrogen-bond donors (Lipinski definition) is 0. The molecule has 0 aromatic heterocycles. The van der Waals surface area contributed by atoms with Crippen molar-refractivity contribution in [2.45, 2.75) is 0 Å². The Kier molecular flexibility index (Phi) is 227. The molecule has 0 aromatic rings. The molecular formula is H2AlLaLiOZr. The fraction of sp³-hybridized carbons (Fsp3) is 0. The first-order chi connectivity index (χ1) is 0. The molecular weight excluding hydrogens is 280 g/mol. The van der Waals surface area contributed by atoms with E-state index in [0.29, 0.717) is 0 Å². The van der Waals surface area contributed by atoms with Gasteiger partial charge in [0.1, 0.15) is 0 Å². The Bertz CT molecular complexity index is 11.6. The summed E-state index contributed by atoms with van der Waals surface area (Å²) in [5.74, 6) is 0. The van der Waals surface area contributed by atoms with Crippen LogP contribution < -0.4 is 0 Å². The van der Waals surface area contributed by atoms with Crippen LogP contribution in [0, 0.1) is 35.6 Å². The van der Waals surface area contributed by atoms with Crippen molar-refractivity contribution in [3.8, 4) is 0 Å². The van der Waals surface area contributed by atoms with Crippen molar-refractivity contribution in [1.29, 1.82) is 0 Å². The molecule has 0 aromatic carbocycles. The monoisotopic (exact) mass is 281 g/mol. The Balaban J connectivity index is 0. The van der Waals surface area contributed by atoms with Gasteiger partial charge in [-0.15, -0.1) is 0 Å². The molecule has 5 radical (unpaired) electrons. The van der Waals surface area contributed by atoms with E-state index in [1.165, 1.54) is 0 Å². The predicted molar refractivity (Wildman–Crippen MR) is 15.1 cm³/mol. The van der Waals surface area contributed by atoms with Gasteiger partial charge in [-0.2, -0.15) is 0 Å². The van der Waals surface area contributed by atoms with Crippen molar-refractivity contribution >= 4 is 36.2 Å². The third-order valence-corrected chi connectivity index (χ3v) is 0. The van der Waals surface area contributed by atoms with Crippen LogP contribution in [0.15, 0.2) is 0 Å². The van der Waals surface area contributed by atoms with Gasteiger partial charge in [-0.3, -0.25) is 0 Å². The zero-order chi connectivity index (χ0) is 0. The molecule has 0 unspecified atom stereocenters. The van der Waals surface area contributed by atoms with Crippen LogP contribution in [-0.4, -0.2) is 41.7 Å². The number of rotatable bonds is 0. The maximum absolute atomic E-state index is 0. The van der Waals surface area contributed by atoms with Gasteiger partial charge in [-0.1, -0.05) is 0 Å². The first kappa shape index (κ1) is 41.8. The van der Waals surface area contributed by atoms with Crippen LogP contribution in [0.3, 0.4) is 0 Å². The van der Waals surface area contributed by atoms with Gasteiger partial charge in [0.05, 0.1) is 0 Å². The smallest absolute Gasteiger partial charge is 0 e. The minimum atomic E-state index is 0. The second kappa shape index (κ2) is 27.2. The minimum Gasteiger partial charge on any atom is -0.412 e. The summed E-state index contributed by atoms with van der Waals surface area (Å²) in [6.07, 6.45) is 0. The first-order valence-corrected chi connectivity index (χ1v) is 0. The van der Waals surface area contributed by atoms with Crippen LogP contribution in [-0.2, 0) is 26.2 Å². The Hall–Kier alpha value is 3.17. The second-order valence-electron chi connectivity index (χ2n) is 0. The zero-order valence-corrected chi connectivity index (χ0v) is 10.4. The SMILES string of the molecule is O.[Al].[La].[Li].[Zr].